The van der Waals surface area contributed by atoms with E-state index in [1.54, 1.807) is 12.1 Å². The van der Waals surface area contributed by atoms with Gasteiger partial charge in [0.05, 0.1) is 23.1 Å². The van der Waals surface area contributed by atoms with Crippen LogP contribution >= 0.6 is 11.3 Å². The van der Waals surface area contributed by atoms with Crippen LogP contribution in [-0.2, 0) is 13.0 Å². The second-order valence-corrected chi connectivity index (χ2v) is 6.23. The average Bonchev–Trinajstić information content (AvgIpc) is 3.04. The fraction of sp³-hybridized carbons (Fsp3) is 0.250. The van der Waals surface area contributed by atoms with Gasteiger partial charge in [-0.3, -0.25) is 0 Å². The SMILES string of the molecule is CCc1ccc(Cn2c(C)nc3cc(C(=O)O)ccc32)s1. The Morgan fingerprint density at radius 3 is 2.71 bits per heavy atom. The molecule has 2 aromatic heterocycles. The molecule has 0 aliphatic heterocycles. The Labute approximate surface area is 126 Å². The van der Waals surface area contributed by atoms with E-state index in [9.17, 15) is 4.79 Å². The number of carbonyl (C=O) groups is 1. The zero-order chi connectivity index (χ0) is 15.0. The maximum Gasteiger partial charge on any atom is 0.335 e. The second kappa shape index (κ2) is 5.33. The first-order valence-electron chi connectivity index (χ1n) is 6.86. The van der Waals surface area contributed by atoms with Gasteiger partial charge < -0.3 is 9.67 Å². The van der Waals surface area contributed by atoms with Crippen molar-refractivity contribution in [3.05, 3.63) is 51.5 Å². The molecule has 0 atom stereocenters. The minimum atomic E-state index is -0.921. The summed E-state index contributed by atoms with van der Waals surface area (Å²) in [5, 5.41) is 9.05. The van der Waals surface area contributed by atoms with E-state index in [4.69, 9.17) is 5.11 Å². The third-order valence-electron chi connectivity index (χ3n) is 3.57. The smallest absolute Gasteiger partial charge is 0.335 e. The lowest BCUT2D eigenvalue weighted by Crippen LogP contribution is -2.00. The van der Waals surface area contributed by atoms with Crippen LogP contribution in [0, 0.1) is 6.92 Å². The van der Waals surface area contributed by atoms with Crippen molar-refractivity contribution in [3.63, 3.8) is 0 Å². The lowest BCUT2D eigenvalue weighted by molar-refractivity contribution is 0.0697. The molecule has 2 heterocycles. The highest BCUT2D eigenvalue weighted by Crippen LogP contribution is 2.23. The van der Waals surface area contributed by atoms with Crippen LogP contribution in [-0.4, -0.2) is 20.6 Å². The van der Waals surface area contributed by atoms with Gasteiger partial charge in [-0.2, -0.15) is 0 Å². The average molecular weight is 300 g/mol. The molecule has 0 amide bonds. The van der Waals surface area contributed by atoms with Crippen molar-refractivity contribution in [1.29, 1.82) is 0 Å². The Hall–Kier alpha value is -2.14. The molecule has 0 bridgehead atoms. The molecule has 0 unspecified atom stereocenters. The standard InChI is InChI=1S/C16H16N2O2S/c1-3-12-5-6-13(21-12)9-18-10(2)17-14-8-11(16(19)20)4-7-15(14)18/h4-8H,3,9H2,1-2H3,(H,19,20). The van der Waals surface area contributed by atoms with E-state index in [0.717, 1.165) is 29.8 Å². The van der Waals surface area contributed by atoms with Gasteiger partial charge in [-0.15, -0.1) is 11.3 Å². The molecule has 0 saturated heterocycles. The molecule has 3 aromatic rings. The van der Waals surface area contributed by atoms with E-state index >= 15 is 0 Å². The first-order valence-corrected chi connectivity index (χ1v) is 7.68. The molecular formula is C16H16N2O2S. The van der Waals surface area contributed by atoms with Crippen molar-refractivity contribution in [2.45, 2.75) is 26.8 Å². The number of imidazole rings is 1. The molecule has 0 radical (unpaired) electrons. The van der Waals surface area contributed by atoms with Crippen molar-refractivity contribution in [2.75, 3.05) is 0 Å². The summed E-state index contributed by atoms with van der Waals surface area (Å²) in [6.07, 6.45) is 1.05. The van der Waals surface area contributed by atoms with E-state index in [2.05, 4.69) is 28.6 Å². The molecule has 1 aromatic carbocycles. The molecule has 5 heteroatoms. The molecule has 3 rings (SSSR count). The van der Waals surface area contributed by atoms with E-state index < -0.39 is 5.97 Å². The Morgan fingerprint density at radius 1 is 1.29 bits per heavy atom. The van der Waals surface area contributed by atoms with Crippen LogP contribution in [0.5, 0.6) is 0 Å². The zero-order valence-corrected chi connectivity index (χ0v) is 12.8. The van der Waals surface area contributed by atoms with Gasteiger partial charge in [0, 0.05) is 9.75 Å². The monoisotopic (exact) mass is 300 g/mol. The van der Waals surface area contributed by atoms with Crippen LogP contribution in [0.15, 0.2) is 30.3 Å². The predicted molar refractivity (Wildman–Crippen MR) is 84.2 cm³/mol. The summed E-state index contributed by atoms with van der Waals surface area (Å²) in [4.78, 5) is 18.2. The highest BCUT2D eigenvalue weighted by Gasteiger charge is 2.11. The summed E-state index contributed by atoms with van der Waals surface area (Å²) in [6, 6.07) is 9.42. The summed E-state index contributed by atoms with van der Waals surface area (Å²) in [5.74, 6) is -0.0195. The number of carboxylic acids is 1. The number of aromatic nitrogens is 2. The maximum atomic E-state index is 11.0. The molecule has 0 aliphatic carbocycles. The first-order chi connectivity index (χ1) is 10.1. The van der Waals surface area contributed by atoms with Crippen LogP contribution in [0.3, 0.4) is 0 Å². The Bertz CT molecular complexity index is 817. The molecule has 0 spiro atoms. The van der Waals surface area contributed by atoms with Gasteiger partial charge in [0.15, 0.2) is 0 Å². The number of aromatic carboxylic acids is 1. The summed E-state index contributed by atoms with van der Waals surface area (Å²) in [7, 11) is 0. The van der Waals surface area contributed by atoms with Crippen LogP contribution in [0.1, 0.15) is 32.9 Å². The van der Waals surface area contributed by atoms with E-state index in [1.807, 2.05) is 24.3 Å². The van der Waals surface area contributed by atoms with E-state index in [-0.39, 0.29) is 5.56 Å². The molecule has 0 fully saturated rings. The van der Waals surface area contributed by atoms with Crippen molar-refractivity contribution < 1.29 is 9.90 Å². The quantitative estimate of drug-likeness (QED) is 0.799. The number of hydrogen-bond acceptors (Lipinski definition) is 3. The maximum absolute atomic E-state index is 11.0. The van der Waals surface area contributed by atoms with Gasteiger partial charge in [0.2, 0.25) is 0 Å². The lowest BCUT2D eigenvalue weighted by Gasteiger charge is -2.05. The summed E-state index contributed by atoms with van der Waals surface area (Å²) in [5.41, 5.74) is 1.99. The van der Waals surface area contributed by atoms with Crippen LogP contribution in [0.25, 0.3) is 11.0 Å². The van der Waals surface area contributed by atoms with Gasteiger partial charge in [0.1, 0.15) is 5.82 Å². The van der Waals surface area contributed by atoms with E-state index in [0.29, 0.717) is 0 Å². The Morgan fingerprint density at radius 2 is 2.05 bits per heavy atom. The van der Waals surface area contributed by atoms with Gasteiger partial charge in [-0.05, 0) is 43.7 Å². The van der Waals surface area contributed by atoms with Gasteiger partial charge >= 0.3 is 5.97 Å². The van der Waals surface area contributed by atoms with Crippen LogP contribution < -0.4 is 0 Å². The fourth-order valence-corrected chi connectivity index (χ4v) is 3.38. The summed E-state index contributed by atoms with van der Waals surface area (Å²) in [6.45, 7) is 4.88. The van der Waals surface area contributed by atoms with Crippen molar-refractivity contribution in [3.8, 4) is 0 Å². The minimum absolute atomic E-state index is 0.275. The predicted octanol–water partition coefficient (Wildman–Crippen LogP) is 3.72. The number of fused-ring (bicyclic) bond motifs is 1. The number of rotatable bonds is 4. The van der Waals surface area contributed by atoms with Crippen LogP contribution in [0.2, 0.25) is 0 Å². The number of thiophene rings is 1. The lowest BCUT2D eigenvalue weighted by atomic mass is 10.2. The molecule has 0 aliphatic rings. The van der Waals surface area contributed by atoms with Gasteiger partial charge in [0.25, 0.3) is 0 Å². The summed E-state index contributed by atoms with van der Waals surface area (Å²) >= 11 is 1.81. The number of benzene rings is 1. The number of hydrogen-bond donors (Lipinski definition) is 1. The molecule has 1 N–H and O–H groups in total. The largest absolute Gasteiger partial charge is 0.478 e. The molecule has 0 saturated carbocycles. The van der Waals surface area contributed by atoms with Crippen molar-refractivity contribution >= 4 is 28.3 Å². The topological polar surface area (TPSA) is 55.1 Å². The van der Waals surface area contributed by atoms with E-state index in [1.165, 1.54) is 9.75 Å². The Kier molecular flexibility index (Phi) is 3.51. The molecule has 4 nitrogen and oxygen atoms in total. The number of aryl methyl sites for hydroxylation is 2. The minimum Gasteiger partial charge on any atom is -0.478 e. The molecular weight excluding hydrogens is 284 g/mol. The molecule has 21 heavy (non-hydrogen) atoms. The highest BCUT2D eigenvalue weighted by atomic mass is 32.1. The molecule has 108 valence electrons. The second-order valence-electron chi connectivity index (χ2n) is 4.98. The normalized spacial score (nSPS) is 11.1. The Balaban J connectivity index is 2.01. The number of carboxylic acid groups (broad SMARTS) is 1. The van der Waals surface area contributed by atoms with Crippen LogP contribution in [0.4, 0.5) is 0 Å². The summed E-state index contributed by atoms with van der Waals surface area (Å²) < 4.78 is 2.13. The van der Waals surface area contributed by atoms with Gasteiger partial charge in [-0.25, -0.2) is 9.78 Å². The zero-order valence-electron chi connectivity index (χ0n) is 12.0. The fourth-order valence-electron chi connectivity index (χ4n) is 2.44. The van der Waals surface area contributed by atoms with Crippen molar-refractivity contribution in [2.24, 2.45) is 0 Å². The van der Waals surface area contributed by atoms with Gasteiger partial charge in [-0.1, -0.05) is 6.92 Å². The number of nitrogens with zero attached hydrogens (tertiary/aromatic N) is 2. The highest BCUT2D eigenvalue weighted by molar-refractivity contribution is 7.11. The van der Waals surface area contributed by atoms with Crippen molar-refractivity contribution in [1.82, 2.24) is 9.55 Å². The third-order valence-corrected chi connectivity index (χ3v) is 4.78. The third kappa shape index (κ3) is 2.56. The first kappa shape index (κ1) is 13.8.